The third-order valence-corrected chi connectivity index (χ3v) is 8.28. The molecule has 0 spiro atoms. The summed E-state index contributed by atoms with van der Waals surface area (Å²) in [5, 5.41) is 16.9. The van der Waals surface area contributed by atoms with Gasteiger partial charge in [-0.1, -0.05) is 6.07 Å². The summed E-state index contributed by atoms with van der Waals surface area (Å²) in [6, 6.07) is 14.7. The maximum absolute atomic E-state index is 13.5. The van der Waals surface area contributed by atoms with E-state index in [1.807, 2.05) is 24.5 Å². The molecular formula is C29H31FN4O2. The minimum atomic E-state index is -0.803. The predicted octanol–water partition coefficient (Wildman–Crippen LogP) is 4.95. The van der Waals surface area contributed by atoms with Crippen molar-refractivity contribution < 1.29 is 14.2 Å². The van der Waals surface area contributed by atoms with E-state index in [0.717, 1.165) is 60.2 Å². The van der Waals surface area contributed by atoms with Crippen molar-refractivity contribution in [3.05, 3.63) is 83.7 Å². The molecule has 0 saturated heterocycles. The fourth-order valence-electron chi connectivity index (χ4n) is 6.61. The van der Waals surface area contributed by atoms with Crippen molar-refractivity contribution >= 4 is 11.0 Å². The van der Waals surface area contributed by atoms with E-state index in [-0.39, 0.29) is 11.2 Å². The van der Waals surface area contributed by atoms with Gasteiger partial charge in [-0.15, -0.1) is 0 Å². The molecule has 3 atom stereocenters. The van der Waals surface area contributed by atoms with Crippen molar-refractivity contribution in [2.24, 2.45) is 5.92 Å². The van der Waals surface area contributed by atoms with Crippen LogP contribution in [0.4, 0.5) is 4.39 Å². The molecule has 3 heterocycles. The summed E-state index contributed by atoms with van der Waals surface area (Å²) < 4.78 is 20.7. The second-order valence-electron chi connectivity index (χ2n) is 10.5. The number of aryl methyl sites for hydroxylation is 1. The van der Waals surface area contributed by atoms with Crippen molar-refractivity contribution in [2.75, 3.05) is 13.7 Å². The molecule has 0 unspecified atom stereocenters. The first kappa shape index (κ1) is 23.3. The van der Waals surface area contributed by atoms with Crippen LogP contribution in [0.5, 0.6) is 0 Å². The van der Waals surface area contributed by atoms with E-state index in [2.05, 4.69) is 17.2 Å². The first-order valence-electron chi connectivity index (χ1n) is 12.8. The molecule has 1 fully saturated rings. The lowest BCUT2D eigenvalue weighted by molar-refractivity contribution is -0.0899. The second kappa shape index (κ2) is 9.05. The molecule has 186 valence electrons. The van der Waals surface area contributed by atoms with Gasteiger partial charge in [0.15, 0.2) is 5.65 Å². The predicted molar refractivity (Wildman–Crippen MR) is 136 cm³/mol. The van der Waals surface area contributed by atoms with Gasteiger partial charge in [0.05, 0.1) is 24.1 Å². The monoisotopic (exact) mass is 486 g/mol. The maximum Gasteiger partial charge on any atom is 0.163 e. The van der Waals surface area contributed by atoms with E-state index < -0.39 is 5.60 Å². The number of benzene rings is 1. The topological polar surface area (TPSA) is 73.1 Å². The van der Waals surface area contributed by atoms with Crippen molar-refractivity contribution in [3.63, 3.8) is 0 Å². The van der Waals surface area contributed by atoms with Gasteiger partial charge in [0, 0.05) is 35.5 Å². The smallest absolute Gasteiger partial charge is 0.163 e. The Bertz CT molecular complexity index is 1370. The molecule has 2 aliphatic carbocycles. The summed E-state index contributed by atoms with van der Waals surface area (Å²) in [6.45, 7) is 0.359. The van der Waals surface area contributed by atoms with E-state index in [1.165, 1.54) is 17.7 Å². The van der Waals surface area contributed by atoms with Crippen molar-refractivity contribution in [3.8, 4) is 5.69 Å². The molecule has 36 heavy (non-hydrogen) atoms. The molecule has 1 saturated carbocycles. The molecular weight excluding hydrogens is 455 g/mol. The van der Waals surface area contributed by atoms with Crippen LogP contribution < -0.4 is 0 Å². The first-order valence-corrected chi connectivity index (χ1v) is 12.8. The van der Waals surface area contributed by atoms with Gasteiger partial charge in [0.25, 0.3) is 0 Å². The number of rotatable bonds is 5. The summed E-state index contributed by atoms with van der Waals surface area (Å²) in [6.07, 6.45) is 9.67. The van der Waals surface area contributed by atoms with Gasteiger partial charge in [-0.25, -0.2) is 14.1 Å². The van der Waals surface area contributed by atoms with Crippen LogP contribution in [0, 0.1) is 11.7 Å². The zero-order chi connectivity index (χ0) is 24.8. The molecule has 6 nitrogen and oxygen atoms in total. The summed E-state index contributed by atoms with van der Waals surface area (Å²) >= 11 is 0. The van der Waals surface area contributed by atoms with Crippen LogP contribution in [0.2, 0.25) is 0 Å². The zero-order valence-electron chi connectivity index (χ0n) is 20.5. The van der Waals surface area contributed by atoms with Gasteiger partial charge in [-0.05, 0) is 98.9 Å². The van der Waals surface area contributed by atoms with E-state index in [0.29, 0.717) is 25.4 Å². The Morgan fingerprint density at radius 1 is 1.17 bits per heavy atom. The summed E-state index contributed by atoms with van der Waals surface area (Å²) in [5.41, 5.74) is 4.04. The van der Waals surface area contributed by atoms with E-state index in [9.17, 15) is 9.50 Å². The highest BCUT2D eigenvalue weighted by Gasteiger charge is 2.51. The van der Waals surface area contributed by atoms with Gasteiger partial charge in [-0.3, -0.25) is 4.98 Å². The van der Waals surface area contributed by atoms with E-state index in [4.69, 9.17) is 14.7 Å². The number of hydrogen-bond donors (Lipinski definition) is 1. The minimum Gasteiger partial charge on any atom is -0.387 e. The van der Waals surface area contributed by atoms with Crippen LogP contribution in [0.1, 0.15) is 49.1 Å². The molecule has 6 rings (SSSR count). The zero-order valence-corrected chi connectivity index (χ0v) is 20.5. The third kappa shape index (κ3) is 4.00. The molecule has 2 aliphatic rings. The number of fused-ring (bicyclic) bond motifs is 4. The number of nitrogens with zero attached hydrogens (tertiary/aromatic N) is 4. The highest BCUT2D eigenvalue weighted by molar-refractivity contribution is 5.78. The Morgan fingerprint density at radius 3 is 2.81 bits per heavy atom. The number of hydrogen-bond acceptors (Lipinski definition) is 5. The van der Waals surface area contributed by atoms with Crippen LogP contribution >= 0.6 is 0 Å². The Balaban J connectivity index is 1.49. The lowest BCUT2D eigenvalue weighted by Gasteiger charge is -2.50. The molecule has 0 radical (unpaired) electrons. The number of halogens is 1. The fourth-order valence-corrected chi connectivity index (χ4v) is 6.61. The highest BCUT2D eigenvalue weighted by atomic mass is 19.1. The second-order valence-corrected chi connectivity index (χ2v) is 10.5. The van der Waals surface area contributed by atoms with Crippen molar-refractivity contribution in [1.29, 1.82) is 0 Å². The van der Waals surface area contributed by atoms with E-state index >= 15 is 0 Å². The number of ether oxygens (including phenoxy) is 1. The Morgan fingerprint density at radius 2 is 2.03 bits per heavy atom. The minimum absolute atomic E-state index is 0.167. The summed E-state index contributed by atoms with van der Waals surface area (Å²) in [4.78, 5) is 9.88. The fraction of sp³-hybridized carbons (Fsp3) is 0.414. The van der Waals surface area contributed by atoms with Crippen LogP contribution in [0.25, 0.3) is 16.7 Å². The van der Waals surface area contributed by atoms with Crippen LogP contribution in [0.15, 0.2) is 60.9 Å². The average molecular weight is 487 g/mol. The van der Waals surface area contributed by atoms with Crippen LogP contribution in [0.3, 0.4) is 0 Å². The quantitative estimate of drug-likeness (QED) is 0.432. The summed E-state index contributed by atoms with van der Waals surface area (Å²) in [7, 11) is 1.66. The third-order valence-electron chi connectivity index (χ3n) is 8.28. The number of methoxy groups -OCH3 is 1. The lowest BCUT2D eigenvalue weighted by Crippen LogP contribution is -2.51. The first-order chi connectivity index (χ1) is 17.5. The molecule has 4 aromatic rings. The standard InChI is InChI=1S/C29H31FN4O2/c1-36-19-28(35)12-13-29(17-23-6-2-3-14-31-23)21(16-28)5-4-7-26-25(29)15-20-18-32-34(27(20)33-26)24-10-8-22(30)9-11-24/h2-3,6,8-11,14-15,18,21,35H,4-5,7,12-13,16-17,19H2,1H3/t21-,28+,29-/m1/s1. The number of aliphatic hydroxyl groups is 1. The van der Waals surface area contributed by atoms with Gasteiger partial charge < -0.3 is 9.84 Å². The number of aromatic nitrogens is 4. The van der Waals surface area contributed by atoms with Crippen molar-refractivity contribution in [1.82, 2.24) is 19.7 Å². The Labute approximate surface area is 210 Å². The average Bonchev–Trinajstić information content (AvgIpc) is 3.23. The highest BCUT2D eigenvalue weighted by Crippen LogP contribution is 2.53. The summed E-state index contributed by atoms with van der Waals surface area (Å²) in [5.74, 6) is 0.0197. The lowest BCUT2D eigenvalue weighted by atomic mass is 9.56. The molecule has 1 aromatic carbocycles. The molecule has 1 N–H and O–H groups in total. The number of pyridine rings is 2. The van der Waals surface area contributed by atoms with Gasteiger partial charge in [0.2, 0.25) is 0 Å². The largest absolute Gasteiger partial charge is 0.387 e. The normalized spacial score (nSPS) is 25.8. The molecule has 3 aromatic heterocycles. The molecule has 7 heteroatoms. The van der Waals surface area contributed by atoms with Gasteiger partial charge >= 0.3 is 0 Å². The Kier molecular flexibility index (Phi) is 5.85. The molecule has 0 bridgehead atoms. The van der Waals surface area contributed by atoms with Gasteiger partial charge in [-0.2, -0.15) is 5.10 Å². The maximum atomic E-state index is 13.5. The Hall–Kier alpha value is -3.16. The van der Waals surface area contributed by atoms with Gasteiger partial charge in [0.1, 0.15) is 5.82 Å². The SMILES string of the molecule is COC[C@]1(O)CC[C@]2(Cc3ccccn3)c3cc4cnn(-c5ccc(F)cc5)c4nc3CCC[C@@H]2C1. The van der Waals surface area contributed by atoms with Crippen LogP contribution in [-0.4, -0.2) is 44.2 Å². The van der Waals surface area contributed by atoms with E-state index in [1.54, 1.807) is 23.9 Å². The van der Waals surface area contributed by atoms with Crippen LogP contribution in [-0.2, 0) is 23.0 Å². The molecule has 0 amide bonds. The molecule has 0 aliphatic heterocycles. The van der Waals surface area contributed by atoms with Crippen molar-refractivity contribution in [2.45, 2.75) is 56.0 Å².